The second kappa shape index (κ2) is 6.81. The third-order valence-corrected chi connectivity index (χ3v) is 2.36. The van der Waals surface area contributed by atoms with Gasteiger partial charge in [0.2, 0.25) is 0 Å². The molecule has 0 fully saturated rings. The summed E-state index contributed by atoms with van der Waals surface area (Å²) in [6.45, 7) is 0.674. The number of halogens is 1. The first-order chi connectivity index (χ1) is 7.84. The molecule has 0 saturated carbocycles. The van der Waals surface area contributed by atoms with Gasteiger partial charge in [0, 0.05) is 18.2 Å². The van der Waals surface area contributed by atoms with Crippen molar-refractivity contribution < 1.29 is 4.74 Å². The van der Waals surface area contributed by atoms with Crippen LogP contribution >= 0.6 is 12.4 Å². The highest BCUT2D eigenvalue weighted by molar-refractivity contribution is 5.85. The predicted molar refractivity (Wildman–Crippen MR) is 73.7 cm³/mol. The minimum atomic E-state index is 0. The molecular formula is C14H16ClNO. The van der Waals surface area contributed by atoms with E-state index in [1.165, 1.54) is 5.56 Å². The summed E-state index contributed by atoms with van der Waals surface area (Å²) in [6, 6.07) is 17.8. The number of ether oxygens (including phenoxy) is 1. The number of anilines is 1. The van der Waals surface area contributed by atoms with E-state index in [4.69, 9.17) is 10.5 Å². The van der Waals surface area contributed by atoms with Gasteiger partial charge in [0.15, 0.2) is 0 Å². The standard InChI is InChI=1S/C14H15NO.ClH/c15-13-7-4-8-14(11-13)16-10-9-12-5-2-1-3-6-12;/h1-8,11H,9-10,15H2;1H. The number of nitrogen functional groups attached to an aromatic ring is 1. The van der Waals surface area contributed by atoms with Gasteiger partial charge in [0.1, 0.15) is 5.75 Å². The van der Waals surface area contributed by atoms with Crippen LogP contribution in [0.15, 0.2) is 54.6 Å². The fourth-order valence-corrected chi connectivity index (χ4v) is 1.54. The van der Waals surface area contributed by atoms with Gasteiger partial charge in [-0.15, -0.1) is 12.4 Å². The smallest absolute Gasteiger partial charge is 0.121 e. The molecule has 0 aliphatic rings. The Hall–Kier alpha value is -1.67. The quantitative estimate of drug-likeness (QED) is 0.844. The van der Waals surface area contributed by atoms with E-state index in [0.29, 0.717) is 6.61 Å². The van der Waals surface area contributed by atoms with Crippen molar-refractivity contribution in [1.29, 1.82) is 0 Å². The molecule has 17 heavy (non-hydrogen) atoms. The highest BCUT2D eigenvalue weighted by atomic mass is 35.5. The maximum Gasteiger partial charge on any atom is 0.121 e. The minimum Gasteiger partial charge on any atom is -0.493 e. The van der Waals surface area contributed by atoms with Crippen LogP contribution in [0, 0.1) is 0 Å². The summed E-state index contributed by atoms with van der Waals surface area (Å²) in [5, 5.41) is 0. The SMILES string of the molecule is Cl.Nc1cccc(OCCc2ccccc2)c1. The summed E-state index contributed by atoms with van der Waals surface area (Å²) in [5.41, 5.74) is 7.68. The van der Waals surface area contributed by atoms with E-state index in [9.17, 15) is 0 Å². The summed E-state index contributed by atoms with van der Waals surface area (Å²) in [6.07, 6.45) is 0.912. The third kappa shape index (κ3) is 4.37. The lowest BCUT2D eigenvalue weighted by Crippen LogP contribution is -2.01. The Morgan fingerprint density at radius 3 is 2.41 bits per heavy atom. The van der Waals surface area contributed by atoms with Crippen LogP contribution < -0.4 is 10.5 Å². The van der Waals surface area contributed by atoms with Gasteiger partial charge in [-0.1, -0.05) is 36.4 Å². The van der Waals surface area contributed by atoms with Crippen LogP contribution in [0.4, 0.5) is 5.69 Å². The fourth-order valence-electron chi connectivity index (χ4n) is 1.54. The van der Waals surface area contributed by atoms with E-state index >= 15 is 0 Å². The van der Waals surface area contributed by atoms with Gasteiger partial charge in [0.05, 0.1) is 6.61 Å². The molecule has 0 bridgehead atoms. The topological polar surface area (TPSA) is 35.2 Å². The molecule has 0 unspecified atom stereocenters. The maximum atomic E-state index is 5.66. The van der Waals surface area contributed by atoms with E-state index in [1.807, 2.05) is 42.5 Å². The van der Waals surface area contributed by atoms with Crippen LogP contribution in [0.25, 0.3) is 0 Å². The second-order valence-corrected chi connectivity index (χ2v) is 3.66. The lowest BCUT2D eigenvalue weighted by atomic mass is 10.2. The van der Waals surface area contributed by atoms with Gasteiger partial charge in [-0.25, -0.2) is 0 Å². The molecule has 3 heteroatoms. The number of hydrogen-bond donors (Lipinski definition) is 1. The van der Waals surface area contributed by atoms with Crippen LogP contribution in [-0.2, 0) is 6.42 Å². The molecule has 0 aliphatic heterocycles. The van der Waals surface area contributed by atoms with E-state index in [0.717, 1.165) is 17.9 Å². The Kier molecular flexibility index (Phi) is 5.37. The molecule has 2 rings (SSSR count). The van der Waals surface area contributed by atoms with Crippen LogP contribution in [0.2, 0.25) is 0 Å². The first kappa shape index (κ1) is 13.4. The van der Waals surface area contributed by atoms with Crippen molar-refractivity contribution in [2.24, 2.45) is 0 Å². The first-order valence-corrected chi connectivity index (χ1v) is 5.37. The van der Waals surface area contributed by atoms with Crippen molar-refractivity contribution in [3.8, 4) is 5.75 Å². The average molecular weight is 250 g/mol. The molecule has 2 nitrogen and oxygen atoms in total. The van der Waals surface area contributed by atoms with Crippen LogP contribution in [0.5, 0.6) is 5.75 Å². The first-order valence-electron chi connectivity index (χ1n) is 5.37. The van der Waals surface area contributed by atoms with Crippen LogP contribution in [0.1, 0.15) is 5.56 Å². The van der Waals surface area contributed by atoms with E-state index in [1.54, 1.807) is 0 Å². The van der Waals surface area contributed by atoms with Gasteiger partial charge in [-0.2, -0.15) is 0 Å². The number of rotatable bonds is 4. The summed E-state index contributed by atoms with van der Waals surface area (Å²) in [7, 11) is 0. The largest absolute Gasteiger partial charge is 0.493 e. The molecule has 0 atom stereocenters. The van der Waals surface area contributed by atoms with Crippen molar-refractivity contribution in [3.05, 3.63) is 60.2 Å². The Morgan fingerprint density at radius 2 is 1.71 bits per heavy atom. The molecule has 2 aromatic rings. The van der Waals surface area contributed by atoms with Crippen molar-refractivity contribution in [2.75, 3.05) is 12.3 Å². The molecule has 0 spiro atoms. The van der Waals surface area contributed by atoms with E-state index in [-0.39, 0.29) is 12.4 Å². The zero-order valence-electron chi connectivity index (χ0n) is 9.50. The molecule has 0 radical (unpaired) electrons. The molecule has 90 valence electrons. The van der Waals surface area contributed by atoms with E-state index in [2.05, 4.69) is 12.1 Å². The fraction of sp³-hybridized carbons (Fsp3) is 0.143. The summed E-state index contributed by atoms with van der Waals surface area (Å²) in [4.78, 5) is 0. The summed E-state index contributed by atoms with van der Waals surface area (Å²) < 4.78 is 5.61. The van der Waals surface area contributed by atoms with Gasteiger partial charge in [0.25, 0.3) is 0 Å². The van der Waals surface area contributed by atoms with Crippen LogP contribution in [0.3, 0.4) is 0 Å². The Bertz CT molecular complexity index is 445. The summed E-state index contributed by atoms with van der Waals surface area (Å²) in [5.74, 6) is 0.830. The van der Waals surface area contributed by atoms with Crippen molar-refractivity contribution in [2.45, 2.75) is 6.42 Å². The van der Waals surface area contributed by atoms with Gasteiger partial charge >= 0.3 is 0 Å². The average Bonchev–Trinajstić information content (AvgIpc) is 2.30. The maximum absolute atomic E-state index is 5.66. The third-order valence-electron chi connectivity index (χ3n) is 2.36. The number of hydrogen-bond acceptors (Lipinski definition) is 2. The van der Waals surface area contributed by atoms with E-state index < -0.39 is 0 Å². The normalized spacial score (nSPS) is 9.41. The minimum absolute atomic E-state index is 0. The molecule has 0 aliphatic carbocycles. The molecular weight excluding hydrogens is 234 g/mol. The number of benzene rings is 2. The zero-order chi connectivity index (χ0) is 11.2. The predicted octanol–water partition coefficient (Wildman–Crippen LogP) is 3.31. The second-order valence-electron chi connectivity index (χ2n) is 3.66. The highest BCUT2D eigenvalue weighted by Crippen LogP contribution is 2.14. The van der Waals surface area contributed by atoms with Crippen molar-refractivity contribution in [3.63, 3.8) is 0 Å². The summed E-state index contributed by atoms with van der Waals surface area (Å²) >= 11 is 0. The molecule has 2 N–H and O–H groups in total. The lowest BCUT2D eigenvalue weighted by Gasteiger charge is -2.06. The Balaban J connectivity index is 0.00000144. The van der Waals surface area contributed by atoms with Gasteiger partial charge in [-0.05, 0) is 17.7 Å². The molecule has 0 heterocycles. The zero-order valence-corrected chi connectivity index (χ0v) is 10.3. The number of nitrogens with two attached hydrogens (primary N) is 1. The Labute approximate surface area is 108 Å². The lowest BCUT2D eigenvalue weighted by molar-refractivity contribution is 0.322. The molecule has 0 saturated heterocycles. The van der Waals surface area contributed by atoms with Crippen molar-refractivity contribution in [1.82, 2.24) is 0 Å². The highest BCUT2D eigenvalue weighted by Gasteiger charge is 1.95. The molecule has 0 aromatic heterocycles. The van der Waals surface area contributed by atoms with Crippen molar-refractivity contribution >= 4 is 18.1 Å². The molecule has 0 amide bonds. The monoisotopic (exact) mass is 249 g/mol. The van der Waals surface area contributed by atoms with Crippen LogP contribution in [-0.4, -0.2) is 6.61 Å². The molecule has 2 aromatic carbocycles. The van der Waals surface area contributed by atoms with Gasteiger partial charge < -0.3 is 10.5 Å². The Morgan fingerprint density at radius 1 is 0.941 bits per heavy atom. The van der Waals surface area contributed by atoms with Gasteiger partial charge in [-0.3, -0.25) is 0 Å².